The lowest BCUT2D eigenvalue weighted by Gasteiger charge is -2.00. The van der Waals surface area contributed by atoms with E-state index in [2.05, 4.69) is 0 Å². The van der Waals surface area contributed by atoms with Gasteiger partial charge >= 0.3 is 5.63 Å². The molecule has 14 heavy (non-hydrogen) atoms. The molecule has 0 spiro atoms. The zero-order valence-electron chi connectivity index (χ0n) is 7.78. The summed E-state index contributed by atoms with van der Waals surface area (Å²) < 4.78 is 5.01. The maximum Gasteiger partial charge on any atom is 0.339 e. The van der Waals surface area contributed by atoms with Gasteiger partial charge in [0, 0.05) is 10.9 Å². The number of rotatable bonds is 1. The Morgan fingerprint density at radius 1 is 1.43 bits per heavy atom. The van der Waals surface area contributed by atoms with Crippen molar-refractivity contribution < 1.29 is 9.52 Å². The van der Waals surface area contributed by atoms with Crippen molar-refractivity contribution >= 4 is 11.0 Å². The van der Waals surface area contributed by atoms with Crippen molar-refractivity contribution in [2.24, 2.45) is 0 Å². The highest BCUT2D eigenvalue weighted by atomic mass is 16.4. The second-order valence-corrected chi connectivity index (χ2v) is 3.11. The molecule has 2 aromatic rings. The maximum atomic E-state index is 11.3. The van der Waals surface area contributed by atoms with Crippen molar-refractivity contribution in [1.82, 2.24) is 0 Å². The molecule has 0 amide bonds. The van der Waals surface area contributed by atoms with Crippen LogP contribution in [0.15, 0.2) is 33.5 Å². The summed E-state index contributed by atoms with van der Waals surface area (Å²) in [5.74, 6) is 0.00209. The quantitative estimate of drug-likeness (QED) is 0.700. The molecule has 0 aliphatic heterocycles. The number of hydrogen-bond acceptors (Lipinski definition) is 3. The highest BCUT2D eigenvalue weighted by Crippen LogP contribution is 2.23. The van der Waals surface area contributed by atoms with Gasteiger partial charge in [-0.3, -0.25) is 0 Å². The van der Waals surface area contributed by atoms with E-state index in [1.54, 1.807) is 18.2 Å². The van der Waals surface area contributed by atoms with Crippen molar-refractivity contribution in [3.63, 3.8) is 0 Å². The molecule has 3 nitrogen and oxygen atoms in total. The lowest BCUT2D eigenvalue weighted by atomic mass is 10.1. The van der Waals surface area contributed by atoms with E-state index < -0.39 is 0 Å². The summed E-state index contributed by atoms with van der Waals surface area (Å²) in [7, 11) is 0. The van der Waals surface area contributed by atoms with Crippen LogP contribution in [0.1, 0.15) is 12.5 Å². The van der Waals surface area contributed by atoms with Gasteiger partial charge in [-0.1, -0.05) is 19.1 Å². The van der Waals surface area contributed by atoms with Crippen LogP contribution in [-0.4, -0.2) is 5.11 Å². The molecule has 1 heterocycles. The van der Waals surface area contributed by atoms with Crippen LogP contribution in [0, 0.1) is 0 Å². The number of fused-ring (bicyclic) bond motifs is 1. The third-order valence-electron chi connectivity index (χ3n) is 2.19. The van der Waals surface area contributed by atoms with E-state index in [0.29, 0.717) is 12.0 Å². The second-order valence-electron chi connectivity index (χ2n) is 3.11. The molecule has 0 bridgehead atoms. The summed E-state index contributed by atoms with van der Waals surface area (Å²) >= 11 is 0. The van der Waals surface area contributed by atoms with E-state index in [1.165, 1.54) is 6.07 Å². The lowest BCUT2D eigenvalue weighted by molar-refractivity contribution is 0.455. The van der Waals surface area contributed by atoms with Gasteiger partial charge in [0.2, 0.25) is 0 Å². The minimum atomic E-state index is -0.374. The fourth-order valence-corrected chi connectivity index (χ4v) is 1.42. The summed E-state index contributed by atoms with van der Waals surface area (Å²) in [4.78, 5) is 11.3. The Morgan fingerprint density at radius 2 is 2.21 bits per heavy atom. The molecule has 0 fully saturated rings. The predicted octanol–water partition coefficient (Wildman–Crippen LogP) is 2.06. The first kappa shape index (κ1) is 8.81. The van der Waals surface area contributed by atoms with E-state index in [0.717, 1.165) is 5.39 Å². The van der Waals surface area contributed by atoms with Crippen molar-refractivity contribution in [2.75, 3.05) is 0 Å². The Morgan fingerprint density at radius 3 is 2.93 bits per heavy atom. The number of hydrogen-bond donors (Lipinski definition) is 1. The Kier molecular flexibility index (Phi) is 2.00. The highest BCUT2D eigenvalue weighted by Gasteiger charge is 2.05. The molecule has 1 aromatic carbocycles. The molecular formula is C11H10O3. The topological polar surface area (TPSA) is 50.4 Å². The van der Waals surface area contributed by atoms with Crippen molar-refractivity contribution in [2.45, 2.75) is 13.3 Å². The molecule has 0 saturated heterocycles. The summed E-state index contributed by atoms with van der Waals surface area (Å²) in [5, 5.41) is 10.2. The van der Waals surface area contributed by atoms with Crippen LogP contribution in [0.4, 0.5) is 0 Å². The molecule has 1 aromatic heterocycles. The van der Waals surface area contributed by atoms with Gasteiger partial charge in [0.1, 0.15) is 0 Å². The summed E-state index contributed by atoms with van der Waals surface area (Å²) in [6.07, 6.45) is 0.633. The van der Waals surface area contributed by atoms with E-state index >= 15 is 0 Å². The molecule has 0 aliphatic carbocycles. The largest absolute Gasteiger partial charge is 0.504 e. The Bertz CT molecular complexity index is 526. The van der Waals surface area contributed by atoms with E-state index in [-0.39, 0.29) is 17.0 Å². The standard InChI is InChI=1S/C11H10O3/c1-2-7-6-8-4-3-5-9(12)10(8)14-11(7)13/h3-6,12H,2H2,1H3. The van der Waals surface area contributed by atoms with Crippen LogP contribution < -0.4 is 5.63 Å². The molecule has 0 radical (unpaired) electrons. The first-order valence-corrected chi connectivity index (χ1v) is 4.47. The van der Waals surface area contributed by atoms with Crippen molar-refractivity contribution in [3.8, 4) is 5.75 Å². The lowest BCUT2D eigenvalue weighted by Crippen LogP contribution is -2.05. The fourth-order valence-electron chi connectivity index (χ4n) is 1.42. The van der Waals surface area contributed by atoms with Crippen LogP contribution >= 0.6 is 0 Å². The molecular weight excluding hydrogens is 180 g/mol. The van der Waals surface area contributed by atoms with Crippen molar-refractivity contribution in [1.29, 1.82) is 0 Å². The number of para-hydroxylation sites is 1. The molecule has 1 N–H and O–H groups in total. The zero-order chi connectivity index (χ0) is 10.1. The van der Waals surface area contributed by atoms with Gasteiger partial charge in [-0.05, 0) is 18.6 Å². The smallest absolute Gasteiger partial charge is 0.339 e. The SMILES string of the molecule is CCc1cc2cccc(O)c2oc1=O. The molecule has 0 aliphatic rings. The van der Waals surface area contributed by atoms with Crippen LogP contribution in [0.25, 0.3) is 11.0 Å². The van der Waals surface area contributed by atoms with Gasteiger partial charge in [0.25, 0.3) is 0 Å². The second kappa shape index (κ2) is 3.18. The zero-order valence-corrected chi connectivity index (χ0v) is 7.78. The number of benzene rings is 1. The third-order valence-corrected chi connectivity index (χ3v) is 2.19. The van der Waals surface area contributed by atoms with Crippen LogP contribution in [-0.2, 0) is 6.42 Å². The summed E-state index contributed by atoms with van der Waals surface area (Å²) in [5.41, 5.74) is 0.513. The Hall–Kier alpha value is -1.77. The fraction of sp³-hybridized carbons (Fsp3) is 0.182. The summed E-state index contributed by atoms with van der Waals surface area (Å²) in [6, 6.07) is 6.77. The summed E-state index contributed by atoms with van der Waals surface area (Å²) in [6.45, 7) is 1.89. The monoisotopic (exact) mass is 190 g/mol. The predicted molar refractivity (Wildman–Crippen MR) is 53.5 cm³/mol. The van der Waals surface area contributed by atoms with Gasteiger partial charge in [-0.25, -0.2) is 4.79 Å². The van der Waals surface area contributed by atoms with E-state index in [4.69, 9.17) is 4.42 Å². The number of aromatic hydroxyl groups is 1. The number of phenols is 1. The van der Waals surface area contributed by atoms with Crippen LogP contribution in [0.5, 0.6) is 5.75 Å². The van der Waals surface area contributed by atoms with Crippen LogP contribution in [0.2, 0.25) is 0 Å². The molecule has 72 valence electrons. The van der Waals surface area contributed by atoms with Gasteiger partial charge in [-0.2, -0.15) is 0 Å². The molecule has 2 rings (SSSR count). The van der Waals surface area contributed by atoms with Crippen molar-refractivity contribution in [3.05, 3.63) is 40.2 Å². The molecule has 3 heteroatoms. The number of aryl methyl sites for hydroxylation is 1. The van der Waals surface area contributed by atoms with Gasteiger partial charge in [0.15, 0.2) is 11.3 Å². The van der Waals surface area contributed by atoms with Crippen LogP contribution in [0.3, 0.4) is 0 Å². The van der Waals surface area contributed by atoms with E-state index in [1.807, 2.05) is 6.92 Å². The highest BCUT2D eigenvalue weighted by molar-refractivity contribution is 5.82. The molecule has 0 unspecified atom stereocenters. The Labute approximate surface area is 80.6 Å². The van der Waals surface area contributed by atoms with E-state index in [9.17, 15) is 9.90 Å². The van der Waals surface area contributed by atoms with Gasteiger partial charge in [0.05, 0.1) is 0 Å². The first-order chi connectivity index (χ1) is 6.72. The normalized spacial score (nSPS) is 10.6. The molecule has 0 saturated carbocycles. The first-order valence-electron chi connectivity index (χ1n) is 4.47. The Balaban J connectivity index is 2.86. The van der Waals surface area contributed by atoms with Gasteiger partial charge < -0.3 is 9.52 Å². The third kappa shape index (κ3) is 1.27. The number of phenolic OH excluding ortho intramolecular Hbond substituents is 1. The maximum absolute atomic E-state index is 11.3. The minimum Gasteiger partial charge on any atom is -0.504 e. The van der Waals surface area contributed by atoms with Gasteiger partial charge in [-0.15, -0.1) is 0 Å². The minimum absolute atomic E-state index is 0.00209. The average molecular weight is 190 g/mol. The molecule has 0 atom stereocenters. The average Bonchev–Trinajstić information content (AvgIpc) is 2.19.